The van der Waals surface area contributed by atoms with E-state index in [1.54, 1.807) is 14.1 Å². The Labute approximate surface area is 242 Å². The number of aromatic hydroxyl groups is 1. The molecule has 1 amide bonds. The van der Waals surface area contributed by atoms with Crippen LogP contribution < -0.4 is 15.8 Å². The Balaban J connectivity index is 1.60. The molecule has 1 fully saturated rings. The number of benzene rings is 2. The summed E-state index contributed by atoms with van der Waals surface area (Å²) < 4.78 is 5.77. The number of aliphatic hydroxyl groups is 3. The highest BCUT2D eigenvalue weighted by atomic mass is 16.5. The molecule has 2 aromatic rings. The molecule has 3 aliphatic rings. The zero-order valence-corrected chi connectivity index (χ0v) is 23.8. The molecule has 1 unspecified atom stereocenters. The summed E-state index contributed by atoms with van der Waals surface area (Å²) in [6.45, 7) is 2.34. The van der Waals surface area contributed by atoms with Gasteiger partial charge in [-0.15, -0.1) is 0 Å². The van der Waals surface area contributed by atoms with Crippen molar-refractivity contribution < 1.29 is 39.5 Å². The first-order chi connectivity index (χ1) is 19.8. The van der Waals surface area contributed by atoms with E-state index in [2.05, 4.69) is 5.32 Å². The number of primary amides is 1. The van der Waals surface area contributed by atoms with Gasteiger partial charge in [-0.2, -0.15) is 0 Å². The molecule has 0 heterocycles. The minimum Gasteiger partial charge on any atom is -0.508 e. The second kappa shape index (κ2) is 10.6. The van der Waals surface area contributed by atoms with Gasteiger partial charge in [-0.25, -0.2) is 0 Å². The van der Waals surface area contributed by atoms with Gasteiger partial charge in [0.25, 0.3) is 5.91 Å². The second-order valence-corrected chi connectivity index (χ2v) is 11.4. The lowest BCUT2D eigenvalue weighted by molar-refractivity contribution is -0.153. The number of hydrogen-bond acceptors (Lipinski definition) is 10. The Bertz CT molecular complexity index is 1550. The fourth-order valence-electron chi connectivity index (χ4n) is 6.86. The van der Waals surface area contributed by atoms with E-state index in [1.807, 2.05) is 37.3 Å². The van der Waals surface area contributed by atoms with E-state index in [0.717, 1.165) is 5.56 Å². The molecule has 0 bridgehead atoms. The average Bonchev–Trinajstić information content (AvgIpc) is 2.93. The summed E-state index contributed by atoms with van der Waals surface area (Å²) in [5, 5.41) is 48.6. The highest BCUT2D eigenvalue weighted by Gasteiger charge is 2.64. The molecule has 3 aliphatic carbocycles. The predicted octanol–water partition coefficient (Wildman–Crippen LogP) is 1.82. The van der Waals surface area contributed by atoms with Gasteiger partial charge in [-0.05, 0) is 51.4 Å². The number of phenols is 1. The lowest BCUT2D eigenvalue weighted by atomic mass is 9.57. The van der Waals surface area contributed by atoms with E-state index in [-0.39, 0.29) is 35.8 Å². The van der Waals surface area contributed by atoms with E-state index in [4.69, 9.17) is 10.5 Å². The first kappa shape index (κ1) is 29.3. The number of carbonyl (C=O) groups excluding carboxylic acids is 3. The first-order valence-corrected chi connectivity index (χ1v) is 13.7. The molecule has 5 atom stereocenters. The van der Waals surface area contributed by atoms with Crippen molar-refractivity contribution in [3.05, 3.63) is 75.6 Å². The molecule has 0 aromatic heterocycles. The number of amides is 1. The van der Waals surface area contributed by atoms with Crippen LogP contribution in [0.3, 0.4) is 0 Å². The third-order valence-corrected chi connectivity index (χ3v) is 8.85. The molecule has 7 N–H and O–H groups in total. The molecule has 222 valence electrons. The third-order valence-electron chi connectivity index (χ3n) is 8.85. The van der Waals surface area contributed by atoms with E-state index < -0.39 is 58.0 Å². The number of ether oxygens (including phenoxy) is 1. The summed E-state index contributed by atoms with van der Waals surface area (Å²) in [4.78, 5) is 40.8. The Morgan fingerprint density at radius 3 is 2.45 bits per heavy atom. The van der Waals surface area contributed by atoms with Crippen LogP contribution in [-0.4, -0.2) is 75.6 Å². The Kier molecular flexibility index (Phi) is 7.38. The zero-order chi connectivity index (χ0) is 30.7. The van der Waals surface area contributed by atoms with Gasteiger partial charge < -0.3 is 36.2 Å². The monoisotopic (exact) mass is 577 g/mol. The summed E-state index contributed by atoms with van der Waals surface area (Å²) >= 11 is 0. The van der Waals surface area contributed by atoms with Gasteiger partial charge in [-0.1, -0.05) is 30.3 Å². The fourth-order valence-corrected chi connectivity index (χ4v) is 6.86. The summed E-state index contributed by atoms with van der Waals surface area (Å²) in [6, 6.07) is 10.1. The van der Waals surface area contributed by atoms with E-state index in [9.17, 15) is 34.8 Å². The number of nitrogens with two attached hydrogens (primary N) is 1. The smallest absolute Gasteiger partial charge is 0.255 e. The molecule has 11 heteroatoms. The van der Waals surface area contributed by atoms with Crippen molar-refractivity contribution in [1.82, 2.24) is 10.2 Å². The SMILES string of the molecule is COc1c(CNC(C)c2ccccc2)cc(O)c2c1C[C@H]1C[C@H]3[C@H](N(C)C)C(=O)C(C(N)=O)=C(O)[C@@]3(O)C(=O)C1=C2O. The van der Waals surface area contributed by atoms with Gasteiger partial charge in [0, 0.05) is 35.2 Å². The predicted molar refractivity (Wildman–Crippen MR) is 152 cm³/mol. The summed E-state index contributed by atoms with van der Waals surface area (Å²) in [6.07, 6.45) is 0.149. The van der Waals surface area contributed by atoms with Gasteiger partial charge >= 0.3 is 0 Å². The Morgan fingerprint density at radius 2 is 1.86 bits per heavy atom. The number of carbonyl (C=O) groups is 3. The van der Waals surface area contributed by atoms with Crippen LogP contribution in [0.5, 0.6) is 11.5 Å². The molecule has 0 saturated heterocycles. The number of rotatable bonds is 7. The molecule has 42 heavy (non-hydrogen) atoms. The number of nitrogens with one attached hydrogen (secondary N) is 1. The third kappa shape index (κ3) is 4.27. The number of nitrogens with zero attached hydrogens (tertiary/aromatic N) is 1. The van der Waals surface area contributed by atoms with Crippen LogP contribution in [0.1, 0.15) is 41.6 Å². The fraction of sp³-hybridized carbons (Fsp3) is 0.387. The molecular weight excluding hydrogens is 542 g/mol. The standard InChI is InChI=1S/C31H35N3O8/c1-14(15-8-6-5-7-9-15)33-13-17-12-20(35)22-18(27(17)42-4)10-16-11-19-24(34(2)3)26(37)23(30(32)40)29(39)31(19,41)28(38)21(16)25(22)36/h5-9,12,14,16,19,24,33,35-36,39,41H,10-11,13H2,1-4H3,(H2,32,40)/t14?,16-,19-,24-,31-/m0/s1. The van der Waals surface area contributed by atoms with Gasteiger partial charge in [0.1, 0.15) is 28.6 Å². The number of aliphatic hydroxyl groups excluding tert-OH is 2. The number of phenolic OH excluding ortho intramolecular Hbond substituents is 1. The van der Waals surface area contributed by atoms with E-state index >= 15 is 0 Å². The van der Waals surface area contributed by atoms with Gasteiger partial charge in [0.05, 0.1) is 18.7 Å². The number of ketones is 2. The molecule has 0 aliphatic heterocycles. The average molecular weight is 578 g/mol. The minimum atomic E-state index is -2.68. The molecule has 5 rings (SSSR count). The molecule has 0 spiro atoms. The number of hydrogen-bond donors (Lipinski definition) is 6. The zero-order valence-electron chi connectivity index (χ0n) is 23.8. The van der Waals surface area contributed by atoms with Crippen LogP contribution >= 0.6 is 0 Å². The van der Waals surface area contributed by atoms with Crippen LogP contribution in [0.25, 0.3) is 5.76 Å². The number of fused-ring (bicyclic) bond motifs is 3. The summed E-state index contributed by atoms with van der Waals surface area (Å²) in [5.41, 5.74) is 3.82. The van der Waals surface area contributed by atoms with E-state index in [1.165, 1.54) is 18.1 Å². The summed E-state index contributed by atoms with van der Waals surface area (Å²) in [7, 11) is 4.60. The van der Waals surface area contributed by atoms with Crippen molar-refractivity contribution in [2.75, 3.05) is 21.2 Å². The minimum absolute atomic E-state index is 0.00317. The maximum atomic E-state index is 14.0. The highest BCUT2D eigenvalue weighted by Crippen LogP contribution is 2.54. The first-order valence-electron chi connectivity index (χ1n) is 13.7. The number of methoxy groups -OCH3 is 1. The quantitative estimate of drug-likeness (QED) is 0.266. The lowest BCUT2D eigenvalue weighted by Crippen LogP contribution is -2.65. The summed E-state index contributed by atoms with van der Waals surface area (Å²) in [5.74, 6) is -6.49. The van der Waals surface area contributed by atoms with Crippen LogP contribution in [0.2, 0.25) is 0 Å². The maximum Gasteiger partial charge on any atom is 0.255 e. The molecule has 2 aromatic carbocycles. The number of likely N-dealkylation sites (N-methyl/N-ethyl adjacent to an activating group) is 1. The highest BCUT2D eigenvalue weighted by molar-refractivity contribution is 6.24. The maximum absolute atomic E-state index is 14.0. The number of Topliss-reactive ketones (excluding diaryl/α,β-unsaturated/α-hetero) is 2. The van der Waals surface area contributed by atoms with Crippen LogP contribution in [-0.2, 0) is 27.3 Å². The van der Waals surface area contributed by atoms with Gasteiger partial charge in [-0.3, -0.25) is 19.3 Å². The van der Waals surface area contributed by atoms with Crippen LogP contribution in [0.4, 0.5) is 0 Å². The lowest BCUT2D eigenvalue weighted by Gasteiger charge is -2.50. The van der Waals surface area contributed by atoms with E-state index in [0.29, 0.717) is 23.4 Å². The van der Waals surface area contributed by atoms with Crippen molar-refractivity contribution in [3.63, 3.8) is 0 Å². The van der Waals surface area contributed by atoms with Gasteiger partial charge in [0.15, 0.2) is 11.4 Å². The molecule has 11 nitrogen and oxygen atoms in total. The Hall–Kier alpha value is -4.19. The van der Waals surface area contributed by atoms with Crippen LogP contribution in [0.15, 0.2) is 53.3 Å². The van der Waals surface area contributed by atoms with Crippen molar-refractivity contribution in [1.29, 1.82) is 0 Å². The largest absolute Gasteiger partial charge is 0.508 e. The van der Waals surface area contributed by atoms with Crippen molar-refractivity contribution >= 4 is 23.2 Å². The van der Waals surface area contributed by atoms with Crippen molar-refractivity contribution in [2.45, 2.75) is 44.0 Å². The topological polar surface area (TPSA) is 183 Å². The molecule has 0 radical (unpaired) electrons. The van der Waals surface area contributed by atoms with Gasteiger partial charge in [0.2, 0.25) is 5.78 Å². The Morgan fingerprint density at radius 1 is 1.19 bits per heavy atom. The van der Waals surface area contributed by atoms with Crippen molar-refractivity contribution in [2.24, 2.45) is 17.6 Å². The molecular formula is C31H35N3O8. The second-order valence-electron chi connectivity index (χ2n) is 11.4. The van der Waals surface area contributed by atoms with Crippen molar-refractivity contribution in [3.8, 4) is 11.5 Å². The normalized spacial score (nSPS) is 26.1. The van der Waals surface area contributed by atoms with Crippen LogP contribution in [0, 0.1) is 11.8 Å². The molecule has 1 saturated carbocycles.